The molecule has 2 amide bonds. The third kappa shape index (κ3) is 5.21. The van der Waals surface area contributed by atoms with Crippen molar-refractivity contribution in [1.29, 1.82) is 0 Å². The number of likely N-dealkylation sites (N-methyl/N-ethyl adjacent to an activating group) is 1. The van der Waals surface area contributed by atoms with Gasteiger partial charge in [-0.25, -0.2) is 8.78 Å². The van der Waals surface area contributed by atoms with Gasteiger partial charge in [-0.3, -0.25) is 9.59 Å². The Bertz CT molecular complexity index is 1020. The summed E-state index contributed by atoms with van der Waals surface area (Å²) in [4.78, 5) is 30.8. The zero-order valence-electron chi connectivity index (χ0n) is 21.8. The molecule has 2 aliphatic heterocycles. The summed E-state index contributed by atoms with van der Waals surface area (Å²) in [6.45, 7) is 8.07. The molecule has 0 radical (unpaired) electrons. The number of fused-ring (bicyclic) bond motifs is 1. The highest BCUT2D eigenvalue weighted by Crippen LogP contribution is 2.41. The number of carbonyl (C=O) groups excluding carboxylic acids is 2. The number of rotatable bonds is 7. The monoisotopic (exact) mass is 504 g/mol. The predicted octanol–water partition coefficient (Wildman–Crippen LogP) is 3.55. The van der Waals surface area contributed by atoms with Crippen LogP contribution < -0.4 is 15.4 Å². The van der Waals surface area contributed by atoms with Gasteiger partial charge < -0.3 is 25.2 Å². The van der Waals surface area contributed by atoms with Crippen LogP contribution in [0.4, 0.5) is 8.78 Å². The van der Waals surface area contributed by atoms with Gasteiger partial charge in [0.1, 0.15) is 23.6 Å². The standard InChI is InChI=1S/C27H38F2N4O3/c1-16(30-5)25(34)31-24(27(2,3)4)26(35)32-13-12-21-23(32)22(15-33(21)17-8-6-7-9-17)36-18-10-11-19(28)20(29)14-18/h10-11,14-17,21,23-24,30H,6-9,12-13H2,1-5H3,(H,31,34). The normalized spacial score (nSPS) is 23.9. The summed E-state index contributed by atoms with van der Waals surface area (Å²) in [6.07, 6.45) is 7.21. The van der Waals surface area contributed by atoms with E-state index in [9.17, 15) is 18.4 Å². The SMILES string of the molecule is CNC(C)C(=O)NC(C(=O)N1CCC2C1C(Oc1ccc(F)c(F)c1)=CN2C1CCCC1)C(C)(C)C. The maximum absolute atomic E-state index is 14.0. The molecular formula is C27H38F2N4O3. The Hall–Kier alpha value is -2.68. The summed E-state index contributed by atoms with van der Waals surface area (Å²) in [7, 11) is 1.70. The second-order valence-electron chi connectivity index (χ2n) is 11.2. The van der Waals surface area contributed by atoms with E-state index in [0.717, 1.165) is 44.2 Å². The number of benzene rings is 1. The Morgan fingerprint density at radius 1 is 1.11 bits per heavy atom. The van der Waals surface area contributed by atoms with Crippen LogP contribution in [-0.4, -0.2) is 65.4 Å². The van der Waals surface area contributed by atoms with Crippen LogP contribution in [-0.2, 0) is 9.59 Å². The minimum Gasteiger partial charge on any atom is -0.458 e. The summed E-state index contributed by atoms with van der Waals surface area (Å²) in [5, 5.41) is 5.87. The van der Waals surface area contributed by atoms with Crippen molar-refractivity contribution >= 4 is 11.8 Å². The van der Waals surface area contributed by atoms with Crippen molar-refractivity contribution in [2.75, 3.05) is 13.6 Å². The molecule has 9 heteroatoms. The van der Waals surface area contributed by atoms with E-state index < -0.39 is 29.1 Å². The van der Waals surface area contributed by atoms with E-state index in [1.54, 1.807) is 18.9 Å². The fourth-order valence-corrected chi connectivity index (χ4v) is 5.55. The number of halogens is 2. The third-order valence-corrected chi connectivity index (χ3v) is 7.70. The number of hydrogen-bond acceptors (Lipinski definition) is 5. The third-order valence-electron chi connectivity index (χ3n) is 7.70. The lowest BCUT2D eigenvalue weighted by molar-refractivity contribution is -0.140. The van der Waals surface area contributed by atoms with Crippen molar-refractivity contribution < 1.29 is 23.1 Å². The van der Waals surface area contributed by atoms with Crippen molar-refractivity contribution in [1.82, 2.24) is 20.4 Å². The highest BCUT2D eigenvalue weighted by Gasteiger charge is 2.51. The van der Waals surface area contributed by atoms with Gasteiger partial charge in [-0.2, -0.15) is 0 Å². The molecule has 7 nitrogen and oxygen atoms in total. The van der Waals surface area contributed by atoms with Gasteiger partial charge in [0.05, 0.1) is 12.1 Å². The van der Waals surface area contributed by atoms with Crippen LogP contribution >= 0.6 is 0 Å². The van der Waals surface area contributed by atoms with Gasteiger partial charge in [0.2, 0.25) is 11.8 Å². The largest absolute Gasteiger partial charge is 0.458 e. The van der Waals surface area contributed by atoms with Crippen molar-refractivity contribution in [3.05, 3.63) is 41.8 Å². The maximum atomic E-state index is 14.0. The molecule has 4 rings (SSSR count). The zero-order chi connectivity index (χ0) is 26.2. The lowest BCUT2D eigenvalue weighted by Crippen LogP contribution is -2.59. The van der Waals surface area contributed by atoms with Gasteiger partial charge in [0.25, 0.3) is 0 Å². The smallest absolute Gasteiger partial charge is 0.246 e. The molecule has 3 aliphatic rings. The number of hydrogen-bond donors (Lipinski definition) is 2. The van der Waals surface area contributed by atoms with Crippen LogP contribution in [0.5, 0.6) is 5.75 Å². The molecule has 4 unspecified atom stereocenters. The molecule has 0 spiro atoms. The van der Waals surface area contributed by atoms with Gasteiger partial charge in [-0.1, -0.05) is 33.6 Å². The van der Waals surface area contributed by atoms with Gasteiger partial charge in [0.15, 0.2) is 11.6 Å². The van der Waals surface area contributed by atoms with E-state index in [0.29, 0.717) is 18.3 Å². The average molecular weight is 505 g/mol. The van der Waals surface area contributed by atoms with E-state index in [2.05, 4.69) is 15.5 Å². The molecule has 1 aromatic carbocycles. The van der Waals surface area contributed by atoms with Gasteiger partial charge in [0, 0.05) is 24.9 Å². The summed E-state index contributed by atoms with van der Waals surface area (Å²) < 4.78 is 33.5. The number of nitrogens with zero attached hydrogens (tertiary/aromatic N) is 2. The number of carbonyl (C=O) groups is 2. The minimum absolute atomic E-state index is 0.0462. The Morgan fingerprint density at radius 2 is 1.81 bits per heavy atom. The average Bonchev–Trinajstić information content (AvgIpc) is 3.56. The fraction of sp³-hybridized carbons (Fsp3) is 0.630. The van der Waals surface area contributed by atoms with Crippen molar-refractivity contribution in [2.45, 2.75) is 90.0 Å². The summed E-state index contributed by atoms with van der Waals surface area (Å²) in [5.41, 5.74) is -0.521. The topological polar surface area (TPSA) is 73.9 Å². The number of ether oxygens (including phenoxy) is 1. The molecule has 2 fully saturated rings. The van der Waals surface area contributed by atoms with Crippen LogP contribution in [0.3, 0.4) is 0 Å². The fourth-order valence-electron chi connectivity index (χ4n) is 5.55. The van der Waals surface area contributed by atoms with Crippen LogP contribution in [0.2, 0.25) is 0 Å². The molecule has 0 bridgehead atoms. The summed E-state index contributed by atoms with van der Waals surface area (Å²) >= 11 is 0. The van der Waals surface area contributed by atoms with E-state index in [-0.39, 0.29) is 29.6 Å². The Kier molecular flexibility index (Phi) is 7.59. The molecule has 0 aromatic heterocycles. The lowest BCUT2D eigenvalue weighted by atomic mass is 9.85. The number of likely N-dealkylation sites (tertiary alicyclic amines) is 1. The Labute approximate surface area is 212 Å². The molecule has 36 heavy (non-hydrogen) atoms. The molecule has 1 aliphatic carbocycles. The van der Waals surface area contributed by atoms with Crippen LogP contribution in [0.1, 0.15) is 59.8 Å². The quantitative estimate of drug-likeness (QED) is 0.594. The van der Waals surface area contributed by atoms with Crippen molar-refractivity contribution in [3.8, 4) is 5.75 Å². The first kappa shape index (κ1) is 26.4. The van der Waals surface area contributed by atoms with E-state index in [1.807, 2.05) is 27.0 Å². The highest BCUT2D eigenvalue weighted by atomic mass is 19.2. The van der Waals surface area contributed by atoms with Crippen LogP contribution in [0, 0.1) is 17.0 Å². The van der Waals surface area contributed by atoms with Crippen LogP contribution in [0.25, 0.3) is 0 Å². The van der Waals surface area contributed by atoms with Crippen molar-refractivity contribution in [2.24, 2.45) is 5.41 Å². The Morgan fingerprint density at radius 3 is 2.42 bits per heavy atom. The molecule has 198 valence electrons. The maximum Gasteiger partial charge on any atom is 0.246 e. The van der Waals surface area contributed by atoms with Gasteiger partial charge >= 0.3 is 0 Å². The van der Waals surface area contributed by atoms with E-state index in [1.165, 1.54) is 6.07 Å². The molecule has 1 aromatic rings. The molecule has 2 heterocycles. The van der Waals surface area contributed by atoms with Gasteiger partial charge in [-0.05, 0) is 50.8 Å². The Balaban J connectivity index is 1.63. The highest BCUT2D eigenvalue weighted by molar-refractivity contribution is 5.90. The molecule has 4 atom stereocenters. The molecule has 1 saturated carbocycles. The lowest BCUT2D eigenvalue weighted by Gasteiger charge is -2.37. The van der Waals surface area contributed by atoms with Crippen LogP contribution in [0.15, 0.2) is 30.2 Å². The molecule has 2 N–H and O–H groups in total. The predicted molar refractivity (Wildman–Crippen MR) is 133 cm³/mol. The second-order valence-corrected chi connectivity index (χ2v) is 11.2. The van der Waals surface area contributed by atoms with E-state index in [4.69, 9.17) is 4.74 Å². The summed E-state index contributed by atoms with van der Waals surface area (Å²) in [5.74, 6) is -1.59. The number of amides is 2. The first-order valence-electron chi connectivity index (χ1n) is 12.9. The zero-order valence-corrected chi connectivity index (χ0v) is 21.8. The van der Waals surface area contributed by atoms with Crippen molar-refractivity contribution in [3.63, 3.8) is 0 Å². The molecular weight excluding hydrogens is 466 g/mol. The molecule has 1 saturated heterocycles. The first-order chi connectivity index (χ1) is 17.0. The number of nitrogens with one attached hydrogen (secondary N) is 2. The van der Waals surface area contributed by atoms with E-state index >= 15 is 0 Å². The second kappa shape index (κ2) is 10.4. The summed E-state index contributed by atoms with van der Waals surface area (Å²) in [6, 6.07) is 2.34. The van der Waals surface area contributed by atoms with Gasteiger partial charge in [-0.15, -0.1) is 0 Å². The first-order valence-corrected chi connectivity index (χ1v) is 12.9. The minimum atomic E-state index is -0.983.